The molecule has 0 aromatic heterocycles. The molecule has 100 valence electrons. The largest absolute Gasteiger partial charge is 0.352 e. The third kappa shape index (κ3) is 3.58. The lowest BCUT2D eigenvalue weighted by molar-refractivity contribution is -0.123. The number of sulfone groups is 1. The van der Waals surface area contributed by atoms with E-state index in [9.17, 15) is 13.2 Å². The number of halogens is 1. The van der Waals surface area contributed by atoms with Gasteiger partial charge < -0.3 is 5.32 Å². The van der Waals surface area contributed by atoms with Gasteiger partial charge in [0.05, 0.1) is 0 Å². The molecule has 1 aliphatic rings. The second-order valence-electron chi connectivity index (χ2n) is 5.20. The molecule has 0 saturated heterocycles. The van der Waals surface area contributed by atoms with Crippen LogP contribution in [0.2, 0.25) is 0 Å². The van der Waals surface area contributed by atoms with Gasteiger partial charge in [-0.3, -0.25) is 4.79 Å². The minimum Gasteiger partial charge on any atom is -0.352 e. The van der Waals surface area contributed by atoms with E-state index < -0.39 is 20.5 Å². The van der Waals surface area contributed by atoms with E-state index in [2.05, 4.69) is 5.32 Å². The summed E-state index contributed by atoms with van der Waals surface area (Å²) in [5, 5.41) is 3.00. The normalized spacial score (nSPS) is 26.6. The topological polar surface area (TPSA) is 63.2 Å². The van der Waals surface area contributed by atoms with E-state index in [1.54, 1.807) is 0 Å². The van der Waals surface area contributed by atoms with E-state index in [1.165, 1.54) is 13.8 Å². The second kappa shape index (κ2) is 5.14. The van der Waals surface area contributed by atoms with E-state index in [0.29, 0.717) is 0 Å². The summed E-state index contributed by atoms with van der Waals surface area (Å²) in [4.78, 5) is 11.9. The Hall–Kier alpha value is -0.290. The molecule has 1 rings (SSSR count). The first kappa shape index (κ1) is 14.8. The Morgan fingerprint density at radius 3 is 2.12 bits per heavy atom. The molecule has 1 amide bonds. The van der Waals surface area contributed by atoms with Crippen LogP contribution < -0.4 is 5.32 Å². The van der Waals surface area contributed by atoms with Crippen molar-refractivity contribution < 1.29 is 13.2 Å². The van der Waals surface area contributed by atoms with Crippen LogP contribution in [0.25, 0.3) is 0 Å². The average Bonchev–Trinajstić information content (AvgIpc) is 2.19. The van der Waals surface area contributed by atoms with Gasteiger partial charge >= 0.3 is 0 Å². The molecule has 1 N–H and O–H groups in total. The first-order valence-electron chi connectivity index (χ1n) is 5.79. The lowest BCUT2D eigenvalue weighted by Gasteiger charge is -2.29. The summed E-state index contributed by atoms with van der Waals surface area (Å²) in [6.45, 7) is 2.87. The summed E-state index contributed by atoms with van der Waals surface area (Å²) in [6, 6.07) is 0.0542. The van der Waals surface area contributed by atoms with Crippen molar-refractivity contribution in [3.8, 4) is 0 Å². The molecule has 0 spiro atoms. The summed E-state index contributed by atoms with van der Waals surface area (Å²) in [6.07, 6.45) is 4.46. The molecule has 0 unspecified atom stereocenters. The van der Waals surface area contributed by atoms with E-state index in [1.807, 2.05) is 0 Å². The number of hydrogen-bond acceptors (Lipinski definition) is 3. The quantitative estimate of drug-likeness (QED) is 0.797. The molecule has 0 aromatic rings. The second-order valence-corrected chi connectivity index (χ2v) is 8.39. The lowest BCUT2D eigenvalue weighted by atomic mass is 9.94. The van der Waals surface area contributed by atoms with Crippen LogP contribution in [-0.2, 0) is 14.6 Å². The molecule has 0 radical (unpaired) electrons. The van der Waals surface area contributed by atoms with Gasteiger partial charge in [-0.05, 0) is 39.5 Å². The van der Waals surface area contributed by atoms with E-state index in [4.69, 9.17) is 11.6 Å². The number of carbonyl (C=O) groups excluding carboxylic acids is 1. The fraction of sp³-hybridized carbons (Fsp3) is 0.909. The van der Waals surface area contributed by atoms with E-state index >= 15 is 0 Å². The average molecular weight is 282 g/mol. The van der Waals surface area contributed by atoms with Crippen molar-refractivity contribution in [2.75, 3.05) is 6.26 Å². The molecule has 0 aromatic carbocycles. The standard InChI is InChI=1S/C11H20ClNO3S/c1-11(2,17(3,15)16)10(14)13-9-6-4-8(12)5-7-9/h8-9H,4-7H2,1-3H3,(H,13,14). The maximum absolute atomic E-state index is 11.9. The smallest absolute Gasteiger partial charge is 0.241 e. The van der Waals surface area contributed by atoms with E-state index in [-0.39, 0.29) is 11.4 Å². The molecule has 4 nitrogen and oxygen atoms in total. The maximum atomic E-state index is 11.9. The molecule has 17 heavy (non-hydrogen) atoms. The minimum absolute atomic E-state index is 0.0542. The van der Waals surface area contributed by atoms with Crippen LogP contribution in [0.3, 0.4) is 0 Å². The molecule has 0 atom stereocenters. The molecular weight excluding hydrogens is 262 g/mol. The van der Waals surface area contributed by atoms with Crippen molar-refractivity contribution in [3.05, 3.63) is 0 Å². The monoisotopic (exact) mass is 281 g/mol. The minimum atomic E-state index is -3.40. The Morgan fingerprint density at radius 1 is 1.24 bits per heavy atom. The van der Waals surface area contributed by atoms with Gasteiger partial charge in [0.25, 0.3) is 0 Å². The van der Waals surface area contributed by atoms with Crippen LogP contribution in [0.5, 0.6) is 0 Å². The van der Waals surface area contributed by atoms with Gasteiger partial charge in [-0.15, -0.1) is 11.6 Å². The molecular formula is C11H20ClNO3S. The van der Waals surface area contributed by atoms with Crippen molar-refractivity contribution in [2.45, 2.75) is 55.7 Å². The molecule has 0 bridgehead atoms. The fourth-order valence-electron chi connectivity index (χ4n) is 1.72. The van der Waals surface area contributed by atoms with E-state index in [0.717, 1.165) is 31.9 Å². The van der Waals surface area contributed by atoms with Crippen LogP contribution in [0.1, 0.15) is 39.5 Å². The van der Waals surface area contributed by atoms with Gasteiger partial charge in [0.1, 0.15) is 4.75 Å². The molecule has 0 heterocycles. The zero-order chi connectivity index (χ0) is 13.3. The summed E-state index contributed by atoms with van der Waals surface area (Å²) < 4.78 is 21.6. The lowest BCUT2D eigenvalue weighted by Crippen LogP contribution is -2.51. The molecule has 6 heteroatoms. The highest BCUT2D eigenvalue weighted by Gasteiger charge is 2.39. The first-order valence-corrected chi connectivity index (χ1v) is 8.12. The van der Waals surface area contributed by atoms with Gasteiger partial charge in [0.15, 0.2) is 9.84 Å². The predicted octanol–water partition coefficient (Wildman–Crippen LogP) is 1.48. The number of carbonyl (C=O) groups is 1. The number of hydrogen-bond donors (Lipinski definition) is 1. The van der Waals surface area contributed by atoms with Crippen molar-refractivity contribution in [2.24, 2.45) is 0 Å². The number of nitrogens with one attached hydrogen (secondary N) is 1. The van der Waals surface area contributed by atoms with Gasteiger partial charge in [-0.25, -0.2) is 8.42 Å². The van der Waals surface area contributed by atoms with Gasteiger partial charge in [0, 0.05) is 17.7 Å². The Labute approximate surface area is 108 Å². The van der Waals surface area contributed by atoms with Crippen LogP contribution in [0.15, 0.2) is 0 Å². The Bertz CT molecular complexity index is 384. The van der Waals surface area contributed by atoms with Crippen LogP contribution in [-0.4, -0.2) is 36.7 Å². The van der Waals surface area contributed by atoms with Crippen LogP contribution >= 0.6 is 11.6 Å². The predicted molar refractivity (Wildman–Crippen MR) is 69.0 cm³/mol. The van der Waals surface area contributed by atoms with Crippen molar-refractivity contribution >= 4 is 27.3 Å². The van der Waals surface area contributed by atoms with Crippen LogP contribution in [0, 0.1) is 0 Å². The fourth-order valence-corrected chi connectivity index (χ4v) is 2.37. The molecule has 1 aliphatic carbocycles. The highest BCUT2D eigenvalue weighted by molar-refractivity contribution is 7.92. The highest BCUT2D eigenvalue weighted by Crippen LogP contribution is 2.24. The molecule has 1 fully saturated rings. The van der Waals surface area contributed by atoms with Crippen LogP contribution in [0.4, 0.5) is 0 Å². The van der Waals surface area contributed by atoms with Crippen molar-refractivity contribution in [1.29, 1.82) is 0 Å². The number of rotatable bonds is 3. The Balaban J connectivity index is 2.61. The number of alkyl halides is 1. The molecule has 1 saturated carbocycles. The maximum Gasteiger partial charge on any atom is 0.241 e. The third-order valence-electron chi connectivity index (χ3n) is 3.47. The Kier molecular flexibility index (Phi) is 4.47. The SMILES string of the molecule is CC(C)(C(=O)NC1CCC(Cl)CC1)S(C)(=O)=O. The highest BCUT2D eigenvalue weighted by atomic mass is 35.5. The zero-order valence-electron chi connectivity index (χ0n) is 10.5. The first-order chi connectivity index (χ1) is 7.64. The third-order valence-corrected chi connectivity index (χ3v) is 5.94. The van der Waals surface area contributed by atoms with Crippen molar-refractivity contribution in [1.82, 2.24) is 5.32 Å². The zero-order valence-corrected chi connectivity index (χ0v) is 12.1. The van der Waals surface area contributed by atoms with Crippen molar-refractivity contribution in [3.63, 3.8) is 0 Å². The summed E-state index contributed by atoms with van der Waals surface area (Å²) >= 11 is 5.97. The Morgan fingerprint density at radius 2 is 1.71 bits per heavy atom. The molecule has 0 aliphatic heterocycles. The van der Waals surface area contributed by atoms with Gasteiger partial charge in [0.2, 0.25) is 5.91 Å². The summed E-state index contributed by atoms with van der Waals surface area (Å²) in [5.41, 5.74) is 0. The summed E-state index contributed by atoms with van der Waals surface area (Å²) in [7, 11) is -3.40. The van der Waals surface area contributed by atoms with Gasteiger partial charge in [-0.1, -0.05) is 0 Å². The summed E-state index contributed by atoms with van der Waals surface area (Å²) in [5.74, 6) is -0.418. The van der Waals surface area contributed by atoms with Gasteiger partial charge in [-0.2, -0.15) is 0 Å². The number of amides is 1.